The van der Waals surface area contributed by atoms with E-state index in [-0.39, 0.29) is 5.91 Å². The Labute approximate surface area is 127 Å². The molecular formula is C16H17NO3S. The van der Waals surface area contributed by atoms with Crippen LogP contribution in [-0.4, -0.2) is 17.0 Å². The van der Waals surface area contributed by atoms with E-state index < -0.39 is 12.0 Å². The first-order chi connectivity index (χ1) is 9.90. The fraction of sp³-hybridized carbons (Fsp3) is 0.250. The average molecular weight is 303 g/mol. The minimum Gasteiger partial charge on any atom is -0.479 e. The van der Waals surface area contributed by atoms with Gasteiger partial charge in [0, 0.05) is 0 Å². The van der Waals surface area contributed by atoms with E-state index in [4.69, 9.17) is 0 Å². The number of nitrogens with one attached hydrogen (secondary N) is 1. The normalized spacial score (nSPS) is 12.0. The first kappa shape index (κ1) is 15.3. The van der Waals surface area contributed by atoms with Gasteiger partial charge in [-0.05, 0) is 54.5 Å². The van der Waals surface area contributed by atoms with E-state index in [9.17, 15) is 14.7 Å². The quantitative estimate of drug-likeness (QED) is 0.911. The van der Waals surface area contributed by atoms with E-state index in [2.05, 4.69) is 5.32 Å². The lowest BCUT2D eigenvalue weighted by atomic mass is 10.0. The van der Waals surface area contributed by atoms with Crippen molar-refractivity contribution in [3.63, 3.8) is 0 Å². The monoisotopic (exact) mass is 303 g/mol. The maximum absolute atomic E-state index is 12.2. The van der Waals surface area contributed by atoms with Gasteiger partial charge in [-0.15, -0.1) is 11.3 Å². The maximum Gasteiger partial charge on any atom is 0.330 e. The van der Waals surface area contributed by atoms with Gasteiger partial charge in [0.05, 0.1) is 4.88 Å². The molecule has 1 heterocycles. The van der Waals surface area contributed by atoms with Gasteiger partial charge in [0.2, 0.25) is 0 Å². The molecule has 1 amide bonds. The van der Waals surface area contributed by atoms with E-state index in [1.165, 1.54) is 11.3 Å². The van der Waals surface area contributed by atoms with Gasteiger partial charge >= 0.3 is 5.97 Å². The maximum atomic E-state index is 12.2. The Morgan fingerprint density at radius 2 is 1.81 bits per heavy atom. The third kappa shape index (κ3) is 3.31. The van der Waals surface area contributed by atoms with Gasteiger partial charge in [-0.1, -0.05) is 18.2 Å². The number of hydrogen-bond donors (Lipinski definition) is 2. The minimum atomic E-state index is -1.07. The van der Waals surface area contributed by atoms with Crippen LogP contribution in [0.15, 0.2) is 29.6 Å². The summed E-state index contributed by atoms with van der Waals surface area (Å²) in [6.07, 6.45) is 0. The number of hydrogen-bond acceptors (Lipinski definition) is 3. The summed E-state index contributed by atoms with van der Waals surface area (Å²) < 4.78 is 0. The lowest BCUT2D eigenvalue weighted by Crippen LogP contribution is -2.33. The number of carbonyl (C=O) groups is 2. The van der Waals surface area contributed by atoms with Crippen LogP contribution in [0.5, 0.6) is 0 Å². The lowest BCUT2D eigenvalue weighted by Gasteiger charge is -2.16. The zero-order valence-electron chi connectivity index (χ0n) is 12.1. The first-order valence-electron chi connectivity index (χ1n) is 6.55. The highest BCUT2D eigenvalue weighted by Gasteiger charge is 2.24. The number of aryl methyl sites for hydroxylation is 3. The number of carboxylic acid groups (broad SMARTS) is 1. The van der Waals surface area contributed by atoms with Gasteiger partial charge in [0.15, 0.2) is 6.04 Å². The van der Waals surface area contributed by atoms with E-state index in [1.807, 2.05) is 38.3 Å². The standard InChI is InChI=1S/C16H17NO3S/c1-9-4-5-12(8-11(9)3)13(16(19)20)17-15(18)14-10(2)6-7-21-14/h4-8,13H,1-3H3,(H,17,18)(H,19,20). The van der Waals surface area contributed by atoms with E-state index in [1.54, 1.807) is 12.1 Å². The minimum absolute atomic E-state index is 0.354. The van der Waals surface area contributed by atoms with Crippen LogP contribution in [0.25, 0.3) is 0 Å². The van der Waals surface area contributed by atoms with Crippen LogP contribution < -0.4 is 5.32 Å². The second kappa shape index (κ2) is 6.10. The predicted molar refractivity (Wildman–Crippen MR) is 82.8 cm³/mol. The summed E-state index contributed by atoms with van der Waals surface area (Å²) in [5, 5.41) is 13.8. The van der Waals surface area contributed by atoms with Gasteiger partial charge < -0.3 is 10.4 Å². The summed E-state index contributed by atoms with van der Waals surface area (Å²) >= 11 is 1.31. The number of aliphatic carboxylic acids is 1. The Balaban J connectivity index is 2.28. The molecule has 0 saturated carbocycles. The summed E-state index contributed by atoms with van der Waals surface area (Å²) in [7, 11) is 0. The molecule has 2 aromatic rings. The van der Waals surface area contributed by atoms with Crippen LogP contribution in [0.1, 0.15) is 38.0 Å². The molecule has 0 aliphatic carbocycles. The van der Waals surface area contributed by atoms with Crippen LogP contribution in [0.2, 0.25) is 0 Å². The number of carboxylic acids is 1. The molecule has 4 nitrogen and oxygen atoms in total. The van der Waals surface area contributed by atoms with E-state index in [0.29, 0.717) is 10.4 Å². The highest BCUT2D eigenvalue weighted by atomic mass is 32.1. The smallest absolute Gasteiger partial charge is 0.330 e. The Hall–Kier alpha value is -2.14. The number of benzene rings is 1. The molecule has 1 atom stereocenters. The zero-order valence-corrected chi connectivity index (χ0v) is 13.0. The fourth-order valence-electron chi connectivity index (χ4n) is 2.03. The van der Waals surface area contributed by atoms with Gasteiger partial charge in [-0.3, -0.25) is 4.79 Å². The molecule has 0 spiro atoms. The summed E-state index contributed by atoms with van der Waals surface area (Å²) in [6.45, 7) is 5.71. The summed E-state index contributed by atoms with van der Waals surface area (Å²) in [5.74, 6) is -1.42. The second-order valence-corrected chi connectivity index (χ2v) is 5.94. The average Bonchev–Trinajstić information content (AvgIpc) is 2.85. The third-order valence-corrected chi connectivity index (χ3v) is 4.47. The number of carbonyl (C=O) groups excluding carboxylic acids is 1. The molecule has 1 aromatic heterocycles. The molecule has 1 aromatic carbocycles. The molecule has 21 heavy (non-hydrogen) atoms. The van der Waals surface area contributed by atoms with Crippen LogP contribution in [0, 0.1) is 20.8 Å². The van der Waals surface area contributed by atoms with Crippen LogP contribution in [0.3, 0.4) is 0 Å². The highest BCUT2D eigenvalue weighted by molar-refractivity contribution is 7.12. The van der Waals surface area contributed by atoms with Crippen molar-refractivity contribution in [1.29, 1.82) is 0 Å². The molecule has 0 radical (unpaired) electrons. The molecule has 0 fully saturated rings. The number of thiophene rings is 1. The molecule has 1 unspecified atom stereocenters. The topological polar surface area (TPSA) is 66.4 Å². The van der Waals surface area contributed by atoms with Crippen molar-refractivity contribution in [2.24, 2.45) is 0 Å². The molecule has 0 aliphatic rings. The molecule has 0 aliphatic heterocycles. The summed E-state index contributed by atoms with van der Waals surface area (Å²) in [5.41, 5.74) is 3.51. The zero-order chi connectivity index (χ0) is 15.6. The van der Waals surface area contributed by atoms with Crippen molar-refractivity contribution in [3.05, 3.63) is 56.8 Å². The van der Waals surface area contributed by atoms with Crippen molar-refractivity contribution < 1.29 is 14.7 Å². The van der Waals surface area contributed by atoms with Gasteiger partial charge in [0.1, 0.15) is 0 Å². The van der Waals surface area contributed by atoms with E-state index in [0.717, 1.165) is 16.7 Å². The SMILES string of the molecule is Cc1ccc(C(NC(=O)c2sccc2C)C(=O)O)cc1C. The van der Waals surface area contributed by atoms with Crippen molar-refractivity contribution >= 4 is 23.2 Å². The summed E-state index contributed by atoms with van der Waals surface area (Å²) in [4.78, 5) is 24.2. The second-order valence-electron chi connectivity index (χ2n) is 5.02. The number of rotatable bonds is 4. The molecule has 0 saturated heterocycles. The van der Waals surface area contributed by atoms with Gasteiger partial charge in [0.25, 0.3) is 5.91 Å². The lowest BCUT2D eigenvalue weighted by molar-refractivity contribution is -0.139. The largest absolute Gasteiger partial charge is 0.479 e. The van der Waals surface area contributed by atoms with Gasteiger partial charge in [-0.25, -0.2) is 4.79 Å². The Kier molecular flexibility index (Phi) is 4.43. The number of amides is 1. The third-order valence-electron chi connectivity index (χ3n) is 3.45. The van der Waals surface area contributed by atoms with Crippen LogP contribution in [-0.2, 0) is 4.79 Å². The molecule has 0 bridgehead atoms. The van der Waals surface area contributed by atoms with Crippen molar-refractivity contribution in [2.75, 3.05) is 0 Å². The Morgan fingerprint density at radius 1 is 1.10 bits per heavy atom. The Bertz CT molecular complexity index is 691. The molecule has 2 N–H and O–H groups in total. The van der Waals surface area contributed by atoms with Gasteiger partial charge in [-0.2, -0.15) is 0 Å². The predicted octanol–water partition coefficient (Wildman–Crippen LogP) is 3.23. The highest BCUT2D eigenvalue weighted by Crippen LogP contribution is 2.20. The van der Waals surface area contributed by atoms with Crippen LogP contribution in [0.4, 0.5) is 0 Å². The Morgan fingerprint density at radius 3 is 2.33 bits per heavy atom. The van der Waals surface area contributed by atoms with E-state index >= 15 is 0 Å². The molecule has 5 heteroatoms. The van der Waals surface area contributed by atoms with Crippen molar-refractivity contribution in [1.82, 2.24) is 5.32 Å². The molecule has 110 valence electrons. The van der Waals surface area contributed by atoms with Crippen molar-refractivity contribution in [3.8, 4) is 0 Å². The molecular weight excluding hydrogens is 286 g/mol. The van der Waals surface area contributed by atoms with Crippen LogP contribution >= 0.6 is 11.3 Å². The summed E-state index contributed by atoms with van der Waals surface area (Å²) in [6, 6.07) is 6.20. The fourth-order valence-corrected chi connectivity index (χ4v) is 2.86. The molecule has 2 rings (SSSR count). The van der Waals surface area contributed by atoms with Crippen molar-refractivity contribution in [2.45, 2.75) is 26.8 Å². The first-order valence-corrected chi connectivity index (χ1v) is 7.43.